The summed E-state index contributed by atoms with van der Waals surface area (Å²) in [5.74, 6) is 0.849. The van der Waals surface area contributed by atoms with Crippen molar-refractivity contribution in [2.24, 2.45) is 5.92 Å². The molecule has 3 aliphatic rings. The molecule has 25 heavy (non-hydrogen) atoms. The molecule has 0 aromatic carbocycles. The Bertz CT molecular complexity index is 619. The van der Waals surface area contributed by atoms with Gasteiger partial charge in [0.25, 0.3) is 5.91 Å². The zero-order valence-corrected chi connectivity index (χ0v) is 14.7. The highest BCUT2D eigenvalue weighted by Gasteiger charge is 2.39. The number of rotatable bonds is 3. The number of pyridine rings is 1. The van der Waals surface area contributed by atoms with Gasteiger partial charge in [0.2, 0.25) is 0 Å². The van der Waals surface area contributed by atoms with Crippen molar-refractivity contribution >= 4 is 5.91 Å². The molecule has 0 unspecified atom stereocenters. The molecule has 0 N–H and O–H groups in total. The van der Waals surface area contributed by atoms with E-state index in [2.05, 4.69) is 22.0 Å². The molecule has 1 aliphatic carbocycles. The molecule has 4 rings (SSSR count). The maximum absolute atomic E-state index is 13.0. The highest BCUT2D eigenvalue weighted by molar-refractivity contribution is 5.94. The third-order valence-corrected chi connectivity index (χ3v) is 5.73. The number of aromatic nitrogens is 1. The number of carbonyl (C=O) groups excluding carboxylic acids is 1. The van der Waals surface area contributed by atoms with Gasteiger partial charge in [-0.2, -0.15) is 0 Å². The molecule has 3 atom stereocenters. The summed E-state index contributed by atoms with van der Waals surface area (Å²) in [4.78, 5) is 21.6. The Morgan fingerprint density at radius 2 is 2.24 bits per heavy atom. The van der Waals surface area contributed by atoms with Crippen LogP contribution in [-0.4, -0.2) is 65.6 Å². The summed E-state index contributed by atoms with van der Waals surface area (Å²) in [6.07, 6.45) is 12.9. The average molecular weight is 341 g/mol. The van der Waals surface area contributed by atoms with E-state index in [0.29, 0.717) is 18.7 Å². The molecule has 1 amide bonds. The molecule has 5 heteroatoms. The summed E-state index contributed by atoms with van der Waals surface area (Å²) in [5.41, 5.74) is 0.678. The van der Waals surface area contributed by atoms with Crippen LogP contribution in [0.1, 0.15) is 36.0 Å². The zero-order chi connectivity index (χ0) is 17.1. The third-order valence-electron chi connectivity index (χ3n) is 5.73. The fraction of sp³-hybridized carbons (Fsp3) is 0.600. The lowest BCUT2D eigenvalue weighted by Gasteiger charge is -2.47. The molecule has 2 aliphatic heterocycles. The molecule has 2 saturated heterocycles. The number of nitrogens with zero attached hydrogens (tertiary/aromatic N) is 3. The Morgan fingerprint density at radius 3 is 3.04 bits per heavy atom. The fourth-order valence-corrected chi connectivity index (χ4v) is 4.40. The zero-order valence-electron chi connectivity index (χ0n) is 14.7. The van der Waals surface area contributed by atoms with Gasteiger partial charge in [-0.15, -0.1) is 0 Å². The minimum Gasteiger partial charge on any atom is -0.374 e. The van der Waals surface area contributed by atoms with Gasteiger partial charge < -0.3 is 14.5 Å². The van der Waals surface area contributed by atoms with Crippen molar-refractivity contribution in [3.8, 4) is 0 Å². The van der Waals surface area contributed by atoms with Crippen LogP contribution >= 0.6 is 0 Å². The largest absolute Gasteiger partial charge is 0.374 e. The van der Waals surface area contributed by atoms with E-state index in [4.69, 9.17) is 4.74 Å². The lowest BCUT2D eigenvalue weighted by molar-refractivity contribution is -0.0918. The van der Waals surface area contributed by atoms with Crippen molar-refractivity contribution in [2.75, 3.05) is 32.8 Å². The van der Waals surface area contributed by atoms with Crippen molar-refractivity contribution in [1.29, 1.82) is 0 Å². The summed E-state index contributed by atoms with van der Waals surface area (Å²) in [6.45, 7) is 4.46. The number of carbonyl (C=O) groups is 1. The first-order chi connectivity index (χ1) is 12.3. The highest BCUT2D eigenvalue weighted by Crippen LogP contribution is 2.27. The van der Waals surface area contributed by atoms with Crippen LogP contribution in [0.4, 0.5) is 0 Å². The van der Waals surface area contributed by atoms with E-state index in [0.717, 1.165) is 32.0 Å². The predicted molar refractivity (Wildman–Crippen MR) is 96.3 cm³/mol. The van der Waals surface area contributed by atoms with Crippen LogP contribution < -0.4 is 0 Å². The third kappa shape index (κ3) is 3.77. The van der Waals surface area contributed by atoms with Gasteiger partial charge in [-0.25, -0.2) is 0 Å². The van der Waals surface area contributed by atoms with Gasteiger partial charge in [-0.3, -0.25) is 9.78 Å². The second-order valence-corrected chi connectivity index (χ2v) is 7.42. The topological polar surface area (TPSA) is 45.7 Å². The Labute approximate surface area is 149 Å². The van der Waals surface area contributed by atoms with Crippen molar-refractivity contribution in [1.82, 2.24) is 14.8 Å². The monoisotopic (exact) mass is 341 g/mol. The summed E-state index contributed by atoms with van der Waals surface area (Å²) in [5, 5.41) is 0. The molecule has 1 aromatic rings. The first-order valence-corrected chi connectivity index (χ1v) is 9.51. The molecule has 0 saturated carbocycles. The van der Waals surface area contributed by atoms with Crippen molar-refractivity contribution in [2.45, 2.75) is 37.8 Å². The molecule has 1 aromatic heterocycles. The van der Waals surface area contributed by atoms with Crippen molar-refractivity contribution < 1.29 is 9.53 Å². The Morgan fingerprint density at radius 1 is 1.28 bits per heavy atom. The number of fused-ring (bicyclic) bond motifs is 1. The Kier molecular flexibility index (Phi) is 5.13. The van der Waals surface area contributed by atoms with Gasteiger partial charge >= 0.3 is 0 Å². The number of allylic oxidation sites excluding steroid dienone is 2. The van der Waals surface area contributed by atoms with Crippen molar-refractivity contribution in [3.05, 3.63) is 42.2 Å². The number of morpholine rings is 1. The van der Waals surface area contributed by atoms with Gasteiger partial charge in [0.15, 0.2) is 0 Å². The molecule has 0 bridgehead atoms. The van der Waals surface area contributed by atoms with Gasteiger partial charge in [-0.05, 0) is 43.7 Å². The Balaban J connectivity index is 1.44. The fourth-order valence-electron chi connectivity index (χ4n) is 4.40. The molecule has 0 radical (unpaired) electrons. The van der Waals surface area contributed by atoms with E-state index in [1.54, 1.807) is 12.4 Å². The van der Waals surface area contributed by atoms with Crippen LogP contribution in [0.5, 0.6) is 0 Å². The average Bonchev–Trinajstić information content (AvgIpc) is 2.68. The van der Waals surface area contributed by atoms with Crippen LogP contribution in [0.25, 0.3) is 0 Å². The first-order valence-electron chi connectivity index (χ1n) is 9.51. The molecular weight excluding hydrogens is 314 g/mol. The molecule has 3 heterocycles. The second kappa shape index (κ2) is 7.67. The van der Waals surface area contributed by atoms with E-state index >= 15 is 0 Å². The number of piperidine rings is 1. The van der Waals surface area contributed by atoms with Crippen LogP contribution in [0, 0.1) is 5.92 Å². The molecular formula is C20H27N3O2. The van der Waals surface area contributed by atoms with Gasteiger partial charge in [-0.1, -0.05) is 12.2 Å². The number of likely N-dealkylation sites (tertiary alicyclic amines) is 1. The van der Waals surface area contributed by atoms with Gasteiger partial charge in [0.1, 0.15) is 0 Å². The first kappa shape index (κ1) is 16.7. The normalized spacial score (nSPS) is 30.1. The van der Waals surface area contributed by atoms with E-state index in [1.165, 1.54) is 19.3 Å². The van der Waals surface area contributed by atoms with E-state index in [-0.39, 0.29) is 18.1 Å². The van der Waals surface area contributed by atoms with E-state index < -0.39 is 0 Å². The summed E-state index contributed by atoms with van der Waals surface area (Å²) < 4.78 is 5.99. The quantitative estimate of drug-likeness (QED) is 0.792. The summed E-state index contributed by atoms with van der Waals surface area (Å²) >= 11 is 0. The van der Waals surface area contributed by atoms with E-state index in [1.807, 2.05) is 17.0 Å². The number of ether oxygens (including phenoxy) is 1. The lowest BCUT2D eigenvalue weighted by atomic mass is 9.91. The lowest BCUT2D eigenvalue weighted by Crippen LogP contribution is -2.61. The number of hydrogen-bond acceptors (Lipinski definition) is 4. The maximum atomic E-state index is 13.0. The molecule has 134 valence electrons. The SMILES string of the molecule is O=C(c1cccnc1)N1CCO[C@H]2CCN(C[C@H]3CC=CCC3)C[C@@H]21. The second-order valence-electron chi connectivity index (χ2n) is 7.42. The maximum Gasteiger partial charge on any atom is 0.255 e. The minimum absolute atomic E-state index is 0.0915. The number of hydrogen-bond donors (Lipinski definition) is 0. The van der Waals surface area contributed by atoms with Crippen LogP contribution in [0.15, 0.2) is 36.7 Å². The molecule has 2 fully saturated rings. The van der Waals surface area contributed by atoms with Crippen molar-refractivity contribution in [3.63, 3.8) is 0 Å². The number of amides is 1. The van der Waals surface area contributed by atoms with Crippen LogP contribution in [-0.2, 0) is 4.74 Å². The smallest absolute Gasteiger partial charge is 0.255 e. The summed E-state index contributed by atoms with van der Waals surface area (Å²) in [7, 11) is 0. The predicted octanol–water partition coefficient (Wildman–Crippen LogP) is 2.35. The van der Waals surface area contributed by atoms with Gasteiger partial charge in [0, 0.05) is 38.6 Å². The Hall–Kier alpha value is -1.72. The standard InChI is InChI=1S/C20H27N3O2/c24-20(17-7-4-9-21-13-17)23-11-12-25-19-8-10-22(15-18(19)23)14-16-5-2-1-3-6-16/h1-2,4,7,9,13,16,18-19H,3,5-6,8,10-12,14-15H2/t16-,18-,19-/m0/s1. The van der Waals surface area contributed by atoms with Crippen LogP contribution in [0.3, 0.4) is 0 Å². The van der Waals surface area contributed by atoms with Gasteiger partial charge in [0.05, 0.1) is 24.3 Å². The minimum atomic E-state index is 0.0915. The summed E-state index contributed by atoms with van der Waals surface area (Å²) in [6, 6.07) is 3.85. The van der Waals surface area contributed by atoms with Crippen LogP contribution in [0.2, 0.25) is 0 Å². The highest BCUT2D eigenvalue weighted by atomic mass is 16.5. The van der Waals surface area contributed by atoms with E-state index in [9.17, 15) is 4.79 Å². The molecule has 0 spiro atoms. The molecule has 5 nitrogen and oxygen atoms in total.